The van der Waals surface area contributed by atoms with Crippen LogP contribution in [0.15, 0.2) is 18.2 Å². The number of nitro benzene ring substituents is 1. The molecule has 0 aliphatic rings. The Kier molecular flexibility index (Phi) is 5.92. The van der Waals surface area contributed by atoms with Crippen LogP contribution in [0.4, 0.5) is 11.4 Å². The molecule has 1 atom stereocenters. The Morgan fingerprint density at radius 1 is 1.55 bits per heavy atom. The monoisotopic (exact) mass is 281 g/mol. The van der Waals surface area contributed by atoms with Crippen molar-refractivity contribution >= 4 is 17.3 Å². The lowest BCUT2D eigenvalue weighted by Crippen LogP contribution is -2.27. The Labute approximate surface area is 117 Å². The number of nitrogens with zero attached hydrogens (tertiary/aromatic N) is 1. The number of methoxy groups -OCH3 is 1. The van der Waals surface area contributed by atoms with Crippen LogP contribution in [0.2, 0.25) is 0 Å². The van der Waals surface area contributed by atoms with E-state index >= 15 is 0 Å². The SMILES string of the molecule is CCCC(N)CC(=O)Nc1ccc(OC)cc1[N+](=O)[O-]. The fraction of sp³-hybridized carbons (Fsp3) is 0.462. The standard InChI is InChI=1S/C13H19N3O4/c1-3-4-9(14)7-13(17)15-11-6-5-10(20-2)8-12(11)16(18)19/h5-6,8-9H,3-4,7,14H2,1-2H3,(H,15,17). The molecular formula is C13H19N3O4. The number of nitro groups is 1. The lowest BCUT2D eigenvalue weighted by atomic mass is 10.1. The van der Waals surface area contributed by atoms with Crippen molar-refractivity contribution in [1.29, 1.82) is 0 Å². The Morgan fingerprint density at radius 3 is 2.80 bits per heavy atom. The van der Waals surface area contributed by atoms with E-state index in [1.54, 1.807) is 6.07 Å². The van der Waals surface area contributed by atoms with E-state index in [9.17, 15) is 14.9 Å². The highest BCUT2D eigenvalue weighted by atomic mass is 16.6. The molecule has 0 saturated carbocycles. The second kappa shape index (κ2) is 7.44. The topological polar surface area (TPSA) is 107 Å². The number of nitrogens with two attached hydrogens (primary N) is 1. The molecule has 0 fully saturated rings. The molecule has 7 heteroatoms. The number of nitrogens with one attached hydrogen (secondary N) is 1. The molecule has 1 unspecified atom stereocenters. The summed E-state index contributed by atoms with van der Waals surface area (Å²) in [4.78, 5) is 22.2. The first-order chi connectivity index (χ1) is 9.47. The minimum absolute atomic E-state index is 0.136. The van der Waals surface area contributed by atoms with Crippen molar-refractivity contribution in [3.8, 4) is 5.75 Å². The zero-order valence-electron chi connectivity index (χ0n) is 11.6. The Balaban J connectivity index is 2.81. The third kappa shape index (κ3) is 4.51. The molecule has 1 amide bonds. The minimum Gasteiger partial charge on any atom is -0.496 e. The fourth-order valence-corrected chi connectivity index (χ4v) is 1.81. The van der Waals surface area contributed by atoms with Crippen molar-refractivity contribution in [2.75, 3.05) is 12.4 Å². The van der Waals surface area contributed by atoms with Crippen LogP contribution in [0.25, 0.3) is 0 Å². The summed E-state index contributed by atoms with van der Waals surface area (Å²) in [6, 6.07) is 4.02. The lowest BCUT2D eigenvalue weighted by Gasteiger charge is -2.11. The van der Waals surface area contributed by atoms with E-state index in [0.717, 1.165) is 12.8 Å². The van der Waals surface area contributed by atoms with E-state index in [0.29, 0.717) is 5.75 Å². The van der Waals surface area contributed by atoms with Crippen LogP contribution in [0, 0.1) is 10.1 Å². The predicted molar refractivity (Wildman–Crippen MR) is 75.8 cm³/mol. The van der Waals surface area contributed by atoms with Gasteiger partial charge in [0.05, 0.1) is 18.1 Å². The second-order valence-electron chi connectivity index (χ2n) is 4.44. The van der Waals surface area contributed by atoms with Crippen LogP contribution in [0.3, 0.4) is 0 Å². The number of rotatable bonds is 7. The summed E-state index contributed by atoms with van der Waals surface area (Å²) >= 11 is 0. The third-order valence-corrected chi connectivity index (χ3v) is 2.78. The summed E-state index contributed by atoms with van der Waals surface area (Å²) in [5.74, 6) is 0.0246. The smallest absolute Gasteiger partial charge is 0.296 e. The van der Waals surface area contributed by atoms with E-state index in [4.69, 9.17) is 10.5 Å². The van der Waals surface area contributed by atoms with Crippen molar-refractivity contribution in [3.63, 3.8) is 0 Å². The number of anilines is 1. The number of hydrogen-bond donors (Lipinski definition) is 2. The molecule has 0 radical (unpaired) electrons. The molecule has 0 aromatic heterocycles. The van der Waals surface area contributed by atoms with Gasteiger partial charge in [-0.15, -0.1) is 0 Å². The summed E-state index contributed by atoms with van der Waals surface area (Å²) < 4.78 is 4.92. The van der Waals surface area contributed by atoms with Gasteiger partial charge in [0.2, 0.25) is 5.91 Å². The summed E-state index contributed by atoms with van der Waals surface area (Å²) in [6.07, 6.45) is 1.76. The van der Waals surface area contributed by atoms with Crippen LogP contribution in [0.5, 0.6) is 5.75 Å². The van der Waals surface area contributed by atoms with Gasteiger partial charge in [0, 0.05) is 12.5 Å². The molecular weight excluding hydrogens is 262 g/mol. The summed E-state index contributed by atoms with van der Waals surface area (Å²) in [7, 11) is 1.42. The van der Waals surface area contributed by atoms with Crippen molar-refractivity contribution in [3.05, 3.63) is 28.3 Å². The van der Waals surface area contributed by atoms with E-state index in [-0.39, 0.29) is 29.7 Å². The van der Waals surface area contributed by atoms with Crippen LogP contribution in [-0.4, -0.2) is 24.0 Å². The third-order valence-electron chi connectivity index (χ3n) is 2.78. The predicted octanol–water partition coefficient (Wildman–Crippen LogP) is 2.06. The molecule has 1 aromatic rings. The quantitative estimate of drug-likeness (QED) is 0.587. The second-order valence-corrected chi connectivity index (χ2v) is 4.44. The lowest BCUT2D eigenvalue weighted by molar-refractivity contribution is -0.384. The molecule has 0 heterocycles. The van der Waals surface area contributed by atoms with Crippen LogP contribution in [0.1, 0.15) is 26.2 Å². The number of benzene rings is 1. The molecule has 0 bridgehead atoms. The first kappa shape index (κ1) is 15.9. The Hall–Kier alpha value is -2.15. The number of carbonyl (C=O) groups is 1. The molecule has 7 nitrogen and oxygen atoms in total. The van der Waals surface area contributed by atoms with Crippen LogP contribution < -0.4 is 15.8 Å². The van der Waals surface area contributed by atoms with Gasteiger partial charge in [-0.1, -0.05) is 13.3 Å². The van der Waals surface area contributed by atoms with Gasteiger partial charge in [-0.2, -0.15) is 0 Å². The van der Waals surface area contributed by atoms with Gasteiger partial charge in [0.1, 0.15) is 11.4 Å². The molecule has 1 aromatic carbocycles. The largest absolute Gasteiger partial charge is 0.496 e. The van der Waals surface area contributed by atoms with Gasteiger partial charge in [0.25, 0.3) is 5.69 Å². The van der Waals surface area contributed by atoms with E-state index < -0.39 is 4.92 Å². The molecule has 3 N–H and O–H groups in total. The average Bonchev–Trinajstić information content (AvgIpc) is 2.38. The van der Waals surface area contributed by atoms with Gasteiger partial charge in [-0.25, -0.2) is 0 Å². The minimum atomic E-state index is -0.565. The van der Waals surface area contributed by atoms with E-state index in [1.165, 1.54) is 19.2 Å². The molecule has 0 aliphatic carbocycles. The molecule has 0 spiro atoms. The number of hydrogen-bond acceptors (Lipinski definition) is 5. The van der Waals surface area contributed by atoms with Crippen molar-refractivity contribution in [2.24, 2.45) is 5.73 Å². The van der Waals surface area contributed by atoms with Gasteiger partial charge < -0.3 is 15.8 Å². The highest BCUT2D eigenvalue weighted by molar-refractivity contribution is 5.93. The molecule has 0 aliphatic heterocycles. The molecule has 0 saturated heterocycles. The first-order valence-corrected chi connectivity index (χ1v) is 6.35. The van der Waals surface area contributed by atoms with E-state index in [1.807, 2.05) is 6.92 Å². The van der Waals surface area contributed by atoms with Crippen molar-refractivity contribution < 1.29 is 14.5 Å². The summed E-state index contributed by atoms with van der Waals surface area (Å²) in [6.45, 7) is 1.98. The maximum Gasteiger partial charge on any atom is 0.296 e. The zero-order chi connectivity index (χ0) is 15.1. The number of carbonyl (C=O) groups excluding carboxylic acids is 1. The summed E-state index contributed by atoms with van der Waals surface area (Å²) in [5.41, 5.74) is 5.70. The van der Waals surface area contributed by atoms with Gasteiger partial charge >= 0.3 is 0 Å². The first-order valence-electron chi connectivity index (χ1n) is 6.35. The van der Waals surface area contributed by atoms with Gasteiger partial charge in [-0.05, 0) is 18.6 Å². The summed E-state index contributed by atoms with van der Waals surface area (Å²) in [5, 5.41) is 13.5. The van der Waals surface area contributed by atoms with Crippen LogP contribution in [-0.2, 0) is 4.79 Å². The highest BCUT2D eigenvalue weighted by Gasteiger charge is 2.18. The van der Waals surface area contributed by atoms with Gasteiger partial charge in [-0.3, -0.25) is 14.9 Å². The molecule has 110 valence electrons. The van der Waals surface area contributed by atoms with Crippen molar-refractivity contribution in [1.82, 2.24) is 0 Å². The highest BCUT2D eigenvalue weighted by Crippen LogP contribution is 2.29. The van der Waals surface area contributed by atoms with Crippen molar-refractivity contribution in [2.45, 2.75) is 32.2 Å². The number of ether oxygens (including phenoxy) is 1. The number of amides is 1. The Bertz CT molecular complexity index is 491. The Morgan fingerprint density at radius 2 is 2.25 bits per heavy atom. The fourth-order valence-electron chi connectivity index (χ4n) is 1.81. The maximum absolute atomic E-state index is 11.8. The van der Waals surface area contributed by atoms with Crippen LogP contribution >= 0.6 is 0 Å². The molecule has 1 rings (SSSR count). The van der Waals surface area contributed by atoms with Gasteiger partial charge in [0.15, 0.2) is 0 Å². The zero-order valence-corrected chi connectivity index (χ0v) is 11.6. The normalized spacial score (nSPS) is 11.8. The molecule has 20 heavy (non-hydrogen) atoms. The van der Waals surface area contributed by atoms with E-state index in [2.05, 4.69) is 5.32 Å². The average molecular weight is 281 g/mol. The maximum atomic E-state index is 11.8.